The Hall–Kier alpha value is -0.610. The average Bonchev–Trinajstić information content (AvgIpc) is 2.00. The first-order chi connectivity index (χ1) is 6.74. The first-order valence-electron chi connectivity index (χ1n) is 5.33. The van der Waals surface area contributed by atoms with Crippen molar-refractivity contribution < 1.29 is 9.90 Å². The Balaban J connectivity index is 3.79. The molecule has 0 aromatic carbocycles. The van der Waals surface area contributed by atoms with Crippen molar-refractivity contribution in [3.63, 3.8) is 0 Å². The summed E-state index contributed by atoms with van der Waals surface area (Å²) in [6, 6.07) is 0. The smallest absolute Gasteiger partial charge is 0.307 e. The van der Waals surface area contributed by atoms with E-state index in [0.29, 0.717) is 6.54 Å². The SMILES string of the molecule is CC(CNCC(C)(C)CN(C)C)C(=O)O. The van der Waals surface area contributed by atoms with Crippen LogP contribution < -0.4 is 5.32 Å². The van der Waals surface area contributed by atoms with Gasteiger partial charge in [-0.2, -0.15) is 0 Å². The van der Waals surface area contributed by atoms with E-state index in [1.54, 1.807) is 6.92 Å². The van der Waals surface area contributed by atoms with Crippen molar-refractivity contribution in [2.45, 2.75) is 20.8 Å². The second-order valence-electron chi connectivity index (χ2n) is 5.27. The molecule has 0 aromatic heterocycles. The molecule has 0 radical (unpaired) electrons. The van der Waals surface area contributed by atoms with E-state index in [0.717, 1.165) is 13.1 Å². The van der Waals surface area contributed by atoms with Gasteiger partial charge in [-0.3, -0.25) is 4.79 Å². The molecule has 0 saturated carbocycles. The minimum Gasteiger partial charge on any atom is -0.481 e. The first kappa shape index (κ1) is 14.4. The largest absolute Gasteiger partial charge is 0.481 e. The van der Waals surface area contributed by atoms with Gasteiger partial charge in [0.15, 0.2) is 0 Å². The summed E-state index contributed by atoms with van der Waals surface area (Å²) < 4.78 is 0. The zero-order valence-electron chi connectivity index (χ0n) is 10.5. The van der Waals surface area contributed by atoms with Crippen LogP contribution in [0.1, 0.15) is 20.8 Å². The zero-order chi connectivity index (χ0) is 12.1. The Morgan fingerprint density at radius 3 is 2.40 bits per heavy atom. The van der Waals surface area contributed by atoms with Crippen LogP contribution >= 0.6 is 0 Å². The molecule has 1 unspecified atom stereocenters. The summed E-state index contributed by atoms with van der Waals surface area (Å²) in [5, 5.41) is 11.9. The van der Waals surface area contributed by atoms with Crippen molar-refractivity contribution in [2.24, 2.45) is 11.3 Å². The second-order valence-corrected chi connectivity index (χ2v) is 5.27. The maximum atomic E-state index is 10.6. The standard InChI is InChI=1S/C11H24N2O2/c1-9(10(14)15)6-12-7-11(2,3)8-13(4)5/h9,12H,6-8H2,1-5H3,(H,14,15). The third-order valence-electron chi connectivity index (χ3n) is 2.22. The molecular weight excluding hydrogens is 192 g/mol. The van der Waals surface area contributed by atoms with E-state index in [1.165, 1.54) is 0 Å². The van der Waals surface area contributed by atoms with Gasteiger partial charge >= 0.3 is 5.97 Å². The van der Waals surface area contributed by atoms with Crippen LogP contribution in [0.15, 0.2) is 0 Å². The highest BCUT2D eigenvalue weighted by Crippen LogP contribution is 2.14. The maximum Gasteiger partial charge on any atom is 0.307 e. The van der Waals surface area contributed by atoms with E-state index in [-0.39, 0.29) is 11.3 Å². The van der Waals surface area contributed by atoms with Gasteiger partial charge < -0.3 is 15.3 Å². The van der Waals surface area contributed by atoms with Crippen molar-refractivity contribution in [3.8, 4) is 0 Å². The van der Waals surface area contributed by atoms with Crippen LogP contribution in [0, 0.1) is 11.3 Å². The fourth-order valence-corrected chi connectivity index (χ4v) is 1.63. The van der Waals surface area contributed by atoms with Crippen molar-refractivity contribution in [1.29, 1.82) is 0 Å². The normalized spacial score (nSPS) is 14.3. The molecule has 4 nitrogen and oxygen atoms in total. The van der Waals surface area contributed by atoms with Gasteiger partial charge in [-0.15, -0.1) is 0 Å². The Morgan fingerprint density at radius 2 is 2.00 bits per heavy atom. The number of hydrogen-bond donors (Lipinski definition) is 2. The molecule has 1 atom stereocenters. The number of nitrogens with one attached hydrogen (secondary N) is 1. The highest BCUT2D eigenvalue weighted by molar-refractivity contribution is 5.69. The highest BCUT2D eigenvalue weighted by Gasteiger charge is 2.19. The van der Waals surface area contributed by atoms with Crippen LogP contribution in [-0.2, 0) is 4.79 Å². The molecule has 0 aliphatic rings. The van der Waals surface area contributed by atoms with E-state index in [9.17, 15) is 4.79 Å². The topological polar surface area (TPSA) is 52.6 Å². The number of hydrogen-bond acceptors (Lipinski definition) is 3. The van der Waals surface area contributed by atoms with Gasteiger partial charge in [0.2, 0.25) is 0 Å². The molecule has 0 rings (SSSR count). The van der Waals surface area contributed by atoms with Gasteiger partial charge in [0, 0.05) is 19.6 Å². The molecule has 4 heteroatoms. The molecule has 0 spiro atoms. The van der Waals surface area contributed by atoms with Crippen molar-refractivity contribution >= 4 is 5.97 Å². The molecule has 0 heterocycles. The van der Waals surface area contributed by atoms with Crippen LogP contribution in [0.2, 0.25) is 0 Å². The molecule has 0 aliphatic heterocycles. The van der Waals surface area contributed by atoms with E-state index in [4.69, 9.17) is 5.11 Å². The van der Waals surface area contributed by atoms with Crippen molar-refractivity contribution in [2.75, 3.05) is 33.7 Å². The number of carboxylic acids is 1. The molecule has 0 fully saturated rings. The molecule has 90 valence electrons. The lowest BCUT2D eigenvalue weighted by molar-refractivity contribution is -0.140. The molecule has 0 aliphatic carbocycles. The zero-order valence-corrected chi connectivity index (χ0v) is 10.5. The number of nitrogens with zero attached hydrogens (tertiary/aromatic N) is 1. The highest BCUT2D eigenvalue weighted by atomic mass is 16.4. The lowest BCUT2D eigenvalue weighted by atomic mass is 9.93. The Kier molecular flexibility index (Phi) is 5.83. The molecular formula is C11H24N2O2. The Morgan fingerprint density at radius 1 is 1.47 bits per heavy atom. The number of aliphatic carboxylic acids is 1. The van der Waals surface area contributed by atoms with Crippen molar-refractivity contribution in [1.82, 2.24) is 10.2 Å². The summed E-state index contributed by atoms with van der Waals surface area (Å²) in [5.74, 6) is -1.06. The molecule has 0 aromatic rings. The fourth-order valence-electron chi connectivity index (χ4n) is 1.63. The van der Waals surface area contributed by atoms with Gasteiger partial charge in [-0.05, 0) is 19.5 Å². The Bertz CT molecular complexity index is 203. The third-order valence-corrected chi connectivity index (χ3v) is 2.22. The quantitative estimate of drug-likeness (QED) is 0.663. The predicted molar refractivity (Wildman–Crippen MR) is 62.0 cm³/mol. The van der Waals surface area contributed by atoms with E-state index in [1.807, 2.05) is 14.1 Å². The maximum absolute atomic E-state index is 10.6. The number of rotatable bonds is 7. The second kappa shape index (κ2) is 6.08. The van der Waals surface area contributed by atoms with Crippen LogP contribution in [0.4, 0.5) is 0 Å². The Labute approximate surface area is 92.7 Å². The summed E-state index contributed by atoms with van der Waals surface area (Å²) in [4.78, 5) is 12.7. The van der Waals surface area contributed by atoms with Gasteiger partial charge in [-0.1, -0.05) is 20.8 Å². The lowest BCUT2D eigenvalue weighted by Crippen LogP contribution is -2.39. The number of carbonyl (C=O) groups is 1. The van der Waals surface area contributed by atoms with Crippen LogP contribution in [0.5, 0.6) is 0 Å². The minimum atomic E-state index is -0.743. The molecule has 0 amide bonds. The summed E-state index contributed by atoms with van der Waals surface area (Å²) in [6.45, 7) is 8.42. The number of carboxylic acid groups (broad SMARTS) is 1. The van der Waals surface area contributed by atoms with Gasteiger partial charge in [0.1, 0.15) is 0 Å². The average molecular weight is 216 g/mol. The summed E-state index contributed by atoms with van der Waals surface area (Å²) in [6.07, 6.45) is 0. The van der Waals surface area contributed by atoms with Gasteiger partial charge in [0.25, 0.3) is 0 Å². The van der Waals surface area contributed by atoms with Crippen LogP contribution in [0.3, 0.4) is 0 Å². The fraction of sp³-hybridized carbons (Fsp3) is 0.909. The van der Waals surface area contributed by atoms with E-state index in [2.05, 4.69) is 24.1 Å². The lowest BCUT2D eigenvalue weighted by Gasteiger charge is -2.28. The molecule has 0 saturated heterocycles. The van der Waals surface area contributed by atoms with Crippen LogP contribution in [-0.4, -0.2) is 49.7 Å². The molecule has 2 N–H and O–H groups in total. The van der Waals surface area contributed by atoms with E-state index < -0.39 is 5.97 Å². The summed E-state index contributed by atoms with van der Waals surface area (Å²) in [7, 11) is 4.09. The minimum absolute atomic E-state index is 0.168. The predicted octanol–water partition coefficient (Wildman–Crippen LogP) is 0.885. The molecule has 0 bridgehead atoms. The monoisotopic (exact) mass is 216 g/mol. The van der Waals surface area contributed by atoms with Gasteiger partial charge in [-0.25, -0.2) is 0 Å². The van der Waals surface area contributed by atoms with Crippen LogP contribution in [0.25, 0.3) is 0 Å². The summed E-state index contributed by atoms with van der Waals surface area (Å²) in [5.41, 5.74) is 0.168. The summed E-state index contributed by atoms with van der Waals surface area (Å²) >= 11 is 0. The van der Waals surface area contributed by atoms with E-state index >= 15 is 0 Å². The van der Waals surface area contributed by atoms with Gasteiger partial charge in [0.05, 0.1) is 5.92 Å². The van der Waals surface area contributed by atoms with Crippen molar-refractivity contribution in [3.05, 3.63) is 0 Å². The third kappa shape index (κ3) is 7.33. The first-order valence-corrected chi connectivity index (χ1v) is 5.33. The molecule has 15 heavy (non-hydrogen) atoms.